The first-order valence-corrected chi connectivity index (χ1v) is 10.5. The van der Waals surface area contributed by atoms with Crippen molar-refractivity contribution in [2.24, 2.45) is 5.10 Å². The van der Waals surface area contributed by atoms with Crippen molar-refractivity contribution in [3.63, 3.8) is 0 Å². The number of benzene rings is 2. The monoisotopic (exact) mass is 450 g/mol. The fraction of sp³-hybridized carbons (Fsp3) is 0.0952. The average Bonchev–Trinajstić information content (AvgIpc) is 3.46. The van der Waals surface area contributed by atoms with Crippen LogP contribution in [0.1, 0.15) is 33.5 Å². The number of hydrogen-bond donors (Lipinski definition) is 1. The molecule has 0 saturated carbocycles. The second-order valence-corrected chi connectivity index (χ2v) is 8.41. The summed E-state index contributed by atoms with van der Waals surface area (Å²) in [5.74, 6) is 0.644. The van der Waals surface area contributed by atoms with Gasteiger partial charge < -0.3 is 4.98 Å². The summed E-state index contributed by atoms with van der Waals surface area (Å²) in [6.07, 6.45) is 0.605. The van der Waals surface area contributed by atoms with Crippen molar-refractivity contribution >= 4 is 49.9 Å². The Morgan fingerprint density at radius 1 is 1.14 bits per heavy atom. The predicted molar refractivity (Wildman–Crippen MR) is 115 cm³/mol. The Morgan fingerprint density at radius 2 is 2.04 bits per heavy atom. The third kappa shape index (κ3) is 3.06. The standard InChI is InChI=1S/C21H15BrN4OS/c22-14-6-3-5-13(11-14)17-12-18(20-23-15-7-1-2-8-16(15)24-20)26(25-17)21(27)19-9-4-10-28-19/h1-11,18H,12H2,(H,23,24)/t18-/m0/s1. The SMILES string of the molecule is O=C(c1cccs1)N1N=C(c2cccc(Br)c2)C[C@H]1c1nc2ccccc2[nH]1. The number of rotatable bonds is 3. The first kappa shape index (κ1) is 17.3. The van der Waals surface area contributed by atoms with Crippen molar-refractivity contribution in [1.82, 2.24) is 15.0 Å². The van der Waals surface area contributed by atoms with Gasteiger partial charge in [-0.3, -0.25) is 4.79 Å². The van der Waals surface area contributed by atoms with E-state index >= 15 is 0 Å². The van der Waals surface area contributed by atoms with Gasteiger partial charge in [0, 0.05) is 10.9 Å². The lowest BCUT2D eigenvalue weighted by Crippen LogP contribution is -2.27. The Balaban J connectivity index is 1.57. The van der Waals surface area contributed by atoms with Gasteiger partial charge in [0.1, 0.15) is 11.9 Å². The second-order valence-electron chi connectivity index (χ2n) is 6.54. The summed E-state index contributed by atoms with van der Waals surface area (Å²) in [5.41, 5.74) is 3.71. The van der Waals surface area contributed by atoms with Crippen LogP contribution >= 0.6 is 27.3 Å². The number of fused-ring (bicyclic) bond motifs is 1. The molecule has 138 valence electrons. The predicted octanol–water partition coefficient (Wildman–Crippen LogP) is 5.38. The fourth-order valence-electron chi connectivity index (χ4n) is 3.40. The third-order valence-corrected chi connectivity index (χ3v) is 6.08. The number of nitrogens with one attached hydrogen (secondary N) is 1. The Hall–Kier alpha value is -2.77. The highest BCUT2D eigenvalue weighted by molar-refractivity contribution is 9.10. The second kappa shape index (κ2) is 7.00. The topological polar surface area (TPSA) is 61.4 Å². The van der Waals surface area contributed by atoms with Gasteiger partial charge in [0.15, 0.2) is 0 Å². The highest BCUT2D eigenvalue weighted by atomic mass is 79.9. The highest BCUT2D eigenvalue weighted by Crippen LogP contribution is 2.34. The van der Waals surface area contributed by atoms with Gasteiger partial charge in [-0.15, -0.1) is 11.3 Å². The minimum absolute atomic E-state index is 0.106. The summed E-state index contributed by atoms with van der Waals surface area (Å²) in [6.45, 7) is 0. The van der Waals surface area contributed by atoms with Crippen molar-refractivity contribution in [3.8, 4) is 0 Å². The number of thiophene rings is 1. The smallest absolute Gasteiger partial charge is 0.284 e. The number of aromatic nitrogens is 2. The first-order valence-electron chi connectivity index (χ1n) is 8.84. The maximum absolute atomic E-state index is 13.1. The van der Waals surface area contributed by atoms with Crippen molar-refractivity contribution in [3.05, 3.63) is 86.8 Å². The Kier molecular flexibility index (Phi) is 4.33. The normalized spacial score (nSPS) is 16.5. The summed E-state index contributed by atoms with van der Waals surface area (Å²) in [6, 6.07) is 19.3. The molecule has 0 fully saturated rings. The minimum Gasteiger partial charge on any atom is -0.340 e. The molecule has 0 aliphatic carbocycles. The summed E-state index contributed by atoms with van der Waals surface area (Å²) < 4.78 is 0.982. The lowest BCUT2D eigenvalue weighted by molar-refractivity contribution is 0.0710. The molecule has 7 heteroatoms. The van der Waals surface area contributed by atoms with E-state index in [1.807, 2.05) is 66.0 Å². The fourth-order valence-corrected chi connectivity index (χ4v) is 4.45. The molecule has 0 radical (unpaired) electrons. The van der Waals surface area contributed by atoms with Crippen molar-refractivity contribution in [2.45, 2.75) is 12.5 Å². The van der Waals surface area contributed by atoms with Crippen LogP contribution in [0.2, 0.25) is 0 Å². The summed E-state index contributed by atoms with van der Waals surface area (Å²) >= 11 is 4.94. The molecule has 2 aromatic heterocycles. The molecule has 0 saturated heterocycles. The van der Waals surface area contributed by atoms with E-state index in [1.165, 1.54) is 11.3 Å². The van der Waals surface area contributed by atoms with Gasteiger partial charge in [-0.05, 0) is 41.3 Å². The van der Waals surface area contributed by atoms with Crippen LogP contribution in [0, 0.1) is 0 Å². The van der Waals surface area contributed by atoms with Gasteiger partial charge in [0.25, 0.3) is 5.91 Å². The van der Waals surface area contributed by atoms with Gasteiger partial charge in [-0.25, -0.2) is 9.99 Å². The number of nitrogens with zero attached hydrogens (tertiary/aromatic N) is 3. The molecular weight excluding hydrogens is 436 g/mol. The van der Waals surface area contributed by atoms with Crippen LogP contribution in [-0.4, -0.2) is 26.6 Å². The summed E-state index contributed by atoms with van der Waals surface area (Å²) in [5, 5.41) is 8.18. The zero-order chi connectivity index (χ0) is 19.1. The zero-order valence-electron chi connectivity index (χ0n) is 14.7. The van der Waals surface area contributed by atoms with E-state index < -0.39 is 0 Å². The number of carbonyl (C=O) groups is 1. The number of hydrogen-bond acceptors (Lipinski definition) is 4. The minimum atomic E-state index is -0.268. The zero-order valence-corrected chi connectivity index (χ0v) is 17.1. The van der Waals surface area contributed by atoms with Gasteiger partial charge in [-0.1, -0.05) is 46.3 Å². The molecule has 1 N–H and O–H groups in total. The van der Waals surface area contributed by atoms with E-state index in [0.29, 0.717) is 11.3 Å². The van der Waals surface area contributed by atoms with Crippen LogP contribution in [0.4, 0.5) is 0 Å². The maximum atomic E-state index is 13.1. The maximum Gasteiger partial charge on any atom is 0.284 e. The lowest BCUT2D eigenvalue weighted by Gasteiger charge is -2.19. The van der Waals surface area contributed by atoms with Crippen LogP contribution in [0.15, 0.2) is 75.6 Å². The van der Waals surface area contributed by atoms with Crippen LogP contribution in [0.25, 0.3) is 11.0 Å². The number of aromatic amines is 1. The van der Waals surface area contributed by atoms with Crippen molar-refractivity contribution in [2.75, 3.05) is 0 Å². The molecule has 1 aliphatic rings. The third-order valence-electron chi connectivity index (χ3n) is 4.73. The van der Waals surface area contributed by atoms with Gasteiger partial charge in [-0.2, -0.15) is 5.10 Å². The van der Waals surface area contributed by atoms with E-state index in [9.17, 15) is 4.79 Å². The van der Waals surface area contributed by atoms with Crippen LogP contribution < -0.4 is 0 Å². The summed E-state index contributed by atoms with van der Waals surface area (Å²) in [4.78, 5) is 21.9. The average molecular weight is 451 g/mol. The number of H-pyrrole nitrogens is 1. The lowest BCUT2D eigenvalue weighted by atomic mass is 10.0. The quantitative estimate of drug-likeness (QED) is 0.455. The Morgan fingerprint density at radius 3 is 2.82 bits per heavy atom. The number of halogens is 1. The van der Waals surface area contributed by atoms with E-state index in [1.54, 1.807) is 5.01 Å². The molecule has 28 heavy (non-hydrogen) atoms. The van der Waals surface area contributed by atoms with Crippen LogP contribution in [-0.2, 0) is 0 Å². The molecule has 5 rings (SSSR count). The highest BCUT2D eigenvalue weighted by Gasteiger charge is 2.36. The molecule has 1 aliphatic heterocycles. The van der Waals surface area contributed by atoms with E-state index in [-0.39, 0.29) is 11.9 Å². The van der Waals surface area contributed by atoms with Crippen molar-refractivity contribution < 1.29 is 4.79 Å². The van der Waals surface area contributed by atoms with Gasteiger partial charge in [0.2, 0.25) is 0 Å². The molecule has 1 atom stereocenters. The van der Waals surface area contributed by atoms with Crippen LogP contribution in [0.3, 0.4) is 0 Å². The largest absolute Gasteiger partial charge is 0.340 e. The van der Waals surface area contributed by atoms with Crippen LogP contribution in [0.5, 0.6) is 0 Å². The molecule has 4 aromatic rings. The summed E-state index contributed by atoms with van der Waals surface area (Å²) in [7, 11) is 0. The number of amides is 1. The van der Waals surface area contributed by atoms with Crippen molar-refractivity contribution in [1.29, 1.82) is 0 Å². The number of para-hydroxylation sites is 2. The number of imidazole rings is 1. The molecule has 0 unspecified atom stereocenters. The van der Waals surface area contributed by atoms with E-state index in [4.69, 9.17) is 10.1 Å². The number of carbonyl (C=O) groups excluding carboxylic acids is 1. The Labute approximate surface area is 173 Å². The van der Waals surface area contributed by atoms with Gasteiger partial charge >= 0.3 is 0 Å². The van der Waals surface area contributed by atoms with E-state index in [2.05, 4.69) is 20.9 Å². The Bertz CT molecular complexity index is 1170. The van der Waals surface area contributed by atoms with E-state index in [0.717, 1.165) is 32.6 Å². The molecule has 0 spiro atoms. The molecule has 5 nitrogen and oxygen atoms in total. The molecule has 3 heterocycles. The van der Waals surface area contributed by atoms with Gasteiger partial charge in [0.05, 0.1) is 21.6 Å². The molecular formula is C21H15BrN4OS. The molecule has 2 aromatic carbocycles. The number of hydrazone groups is 1. The molecule has 0 bridgehead atoms. The molecule has 1 amide bonds. The first-order chi connectivity index (χ1) is 13.7.